The largest absolute Gasteiger partial charge is 0.337 e. The molecule has 1 saturated carbocycles. The maximum absolute atomic E-state index is 4.37. The highest BCUT2D eigenvalue weighted by atomic mass is 15.1. The molecular formula is C10H17N3. The van der Waals surface area contributed by atoms with Crippen molar-refractivity contribution in [3.05, 3.63) is 18.2 Å². The first kappa shape index (κ1) is 8.75. The minimum absolute atomic E-state index is 0.437. The summed E-state index contributed by atoms with van der Waals surface area (Å²) in [5.74, 6) is 2.10. The lowest BCUT2D eigenvalue weighted by atomic mass is 10.1. The monoisotopic (exact) mass is 179 g/mol. The fourth-order valence-electron chi connectivity index (χ4n) is 1.75. The average molecular weight is 179 g/mol. The molecule has 1 aliphatic carbocycles. The van der Waals surface area contributed by atoms with Crippen LogP contribution in [-0.2, 0) is 7.05 Å². The number of aryl methyl sites for hydroxylation is 1. The zero-order chi connectivity index (χ0) is 9.26. The predicted octanol–water partition coefficient (Wildman–Crippen LogP) is 1.48. The molecule has 2 rings (SSSR count). The van der Waals surface area contributed by atoms with Crippen LogP contribution in [-0.4, -0.2) is 16.6 Å². The first-order valence-electron chi connectivity index (χ1n) is 4.95. The van der Waals surface area contributed by atoms with E-state index in [1.54, 1.807) is 0 Å². The second-order valence-electron chi connectivity index (χ2n) is 3.92. The fourth-order valence-corrected chi connectivity index (χ4v) is 1.75. The third-order valence-electron chi connectivity index (χ3n) is 2.78. The molecule has 1 unspecified atom stereocenters. The molecule has 0 amide bonds. The van der Waals surface area contributed by atoms with E-state index in [9.17, 15) is 0 Å². The summed E-state index contributed by atoms with van der Waals surface area (Å²) in [6, 6.07) is 0.437. The quantitative estimate of drug-likeness (QED) is 0.758. The molecule has 1 aliphatic rings. The molecular weight excluding hydrogens is 162 g/mol. The number of aromatic nitrogens is 2. The van der Waals surface area contributed by atoms with Crippen LogP contribution in [0, 0.1) is 5.92 Å². The third kappa shape index (κ3) is 1.91. The van der Waals surface area contributed by atoms with Gasteiger partial charge in [0.1, 0.15) is 5.82 Å². The van der Waals surface area contributed by atoms with Gasteiger partial charge in [0.15, 0.2) is 0 Å². The minimum atomic E-state index is 0.437. The van der Waals surface area contributed by atoms with Gasteiger partial charge >= 0.3 is 0 Å². The number of nitrogens with one attached hydrogen (secondary N) is 1. The molecule has 0 saturated heterocycles. The second-order valence-corrected chi connectivity index (χ2v) is 3.92. The molecule has 72 valence electrons. The van der Waals surface area contributed by atoms with E-state index in [0.717, 1.165) is 11.7 Å². The molecule has 1 heterocycles. The summed E-state index contributed by atoms with van der Waals surface area (Å²) >= 11 is 0. The molecule has 3 heteroatoms. The highest BCUT2D eigenvalue weighted by Gasteiger charge is 2.26. The van der Waals surface area contributed by atoms with Gasteiger partial charge < -0.3 is 9.88 Å². The first-order valence-corrected chi connectivity index (χ1v) is 4.95. The second kappa shape index (κ2) is 3.50. The first-order chi connectivity index (χ1) is 6.31. The zero-order valence-corrected chi connectivity index (χ0v) is 8.33. The lowest BCUT2D eigenvalue weighted by Crippen LogP contribution is -2.20. The molecule has 0 radical (unpaired) electrons. The van der Waals surface area contributed by atoms with E-state index in [1.165, 1.54) is 19.3 Å². The lowest BCUT2D eigenvalue weighted by Gasteiger charge is -2.15. The Morgan fingerprint density at radius 1 is 1.69 bits per heavy atom. The summed E-state index contributed by atoms with van der Waals surface area (Å²) in [6.07, 6.45) is 7.92. The Morgan fingerprint density at radius 2 is 2.46 bits per heavy atom. The van der Waals surface area contributed by atoms with Gasteiger partial charge in [0, 0.05) is 19.4 Å². The molecule has 1 fully saturated rings. The molecule has 0 bridgehead atoms. The SMILES string of the molecule is CNC(CC1CC1)c1nccn1C. The van der Waals surface area contributed by atoms with E-state index in [0.29, 0.717) is 6.04 Å². The van der Waals surface area contributed by atoms with Crippen LogP contribution in [0.4, 0.5) is 0 Å². The van der Waals surface area contributed by atoms with Crippen molar-refractivity contribution >= 4 is 0 Å². The number of hydrogen-bond acceptors (Lipinski definition) is 2. The highest BCUT2D eigenvalue weighted by molar-refractivity contribution is 5.00. The van der Waals surface area contributed by atoms with Gasteiger partial charge in [0.25, 0.3) is 0 Å². The molecule has 3 nitrogen and oxygen atoms in total. The Kier molecular flexibility index (Phi) is 2.36. The Labute approximate surface area is 79.2 Å². The van der Waals surface area contributed by atoms with Gasteiger partial charge in [-0.1, -0.05) is 12.8 Å². The van der Waals surface area contributed by atoms with Gasteiger partial charge in [-0.2, -0.15) is 0 Å². The van der Waals surface area contributed by atoms with E-state index >= 15 is 0 Å². The summed E-state index contributed by atoms with van der Waals surface area (Å²) in [5.41, 5.74) is 0. The van der Waals surface area contributed by atoms with Crippen molar-refractivity contribution in [2.75, 3.05) is 7.05 Å². The molecule has 0 aromatic carbocycles. The Bertz CT molecular complexity index is 275. The van der Waals surface area contributed by atoms with Crippen molar-refractivity contribution < 1.29 is 0 Å². The maximum Gasteiger partial charge on any atom is 0.125 e. The van der Waals surface area contributed by atoms with Crippen LogP contribution >= 0.6 is 0 Å². The Balaban J connectivity index is 2.06. The van der Waals surface area contributed by atoms with E-state index in [-0.39, 0.29) is 0 Å². The fraction of sp³-hybridized carbons (Fsp3) is 0.700. The minimum Gasteiger partial charge on any atom is -0.337 e. The molecule has 13 heavy (non-hydrogen) atoms. The molecule has 1 aromatic heterocycles. The number of imidazole rings is 1. The average Bonchev–Trinajstić information content (AvgIpc) is 2.85. The van der Waals surface area contributed by atoms with Crippen LogP contribution in [0.25, 0.3) is 0 Å². The predicted molar refractivity (Wildman–Crippen MR) is 52.3 cm³/mol. The van der Waals surface area contributed by atoms with Crippen molar-refractivity contribution in [2.24, 2.45) is 13.0 Å². The van der Waals surface area contributed by atoms with Crippen LogP contribution in [0.15, 0.2) is 12.4 Å². The highest BCUT2D eigenvalue weighted by Crippen LogP contribution is 2.36. The van der Waals surface area contributed by atoms with Crippen molar-refractivity contribution in [3.63, 3.8) is 0 Å². The van der Waals surface area contributed by atoms with Crippen LogP contribution in [0.1, 0.15) is 31.1 Å². The number of nitrogens with zero attached hydrogens (tertiary/aromatic N) is 2. The summed E-state index contributed by atoms with van der Waals surface area (Å²) in [5, 5.41) is 3.33. The smallest absolute Gasteiger partial charge is 0.125 e. The van der Waals surface area contributed by atoms with Crippen molar-refractivity contribution in [2.45, 2.75) is 25.3 Å². The van der Waals surface area contributed by atoms with Gasteiger partial charge in [-0.3, -0.25) is 0 Å². The van der Waals surface area contributed by atoms with Crippen LogP contribution in [0.5, 0.6) is 0 Å². The molecule has 0 spiro atoms. The topological polar surface area (TPSA) is 29.9 Å². The molecule has 1 atom stereocenters. The maximum atomic E-state index is 4.37. The van der Waals surface area contributed by atoms with Gasteiger partial charge in [-0.25, -0.2) is 4.98 Å². The normalized spacial score (nSPS) is 18.9. The number of hydrogen-bond donors (Lipinski definition) is 1. The Hall–Kier alpha value is -0.830. The van der Waals surface area contributed by atoms with Crippen molar-refractivity contribution in [3.8, 4) is 0 Å². The Morgan fingerprint density at radius 3 is 2.92 bits per heavy atom. The summed E-state index contributed by atoms with van der Waals surface area (Å²) in [6.45, 7) is 0. The molecule has 0 aliphatic heterocycles. The van der Waals surface area contributed by atoms with Gasteiger partial charge in [0.2, 0.25) is 0 Å². The lowest BCUT2D eigenvalue weighted by molar-refractivity contribution is 0.477. The van der Waals surface area contributed by atoms with E-state index < -0.39 is 0 Å². The van der Waals surface area contributed by atoms with Crippen molar-refractivity contribution in [1.29, 1.82) is 0 Å². The molecule has 1 N–H and O–H groups in total. The van der Waals surface area contributed by atoms with E-state index in [1.807, 2.05) is 19.4 Å². The summed E-state index contributed by atoms with van der Waals surface area (Å²) in [7, 11) is 4.07. The van der Waals surface area contributed by atoms with Gasteiger partial charge in [-0.05, 0) is 19.4 Å². The van der Waals surface area contributed by atoms with Crippen LogP contribution in [0.2, 0.25) is 0 Å². The third-order valence-corrected chi connectivity index (χ3v) is 2.78. The van der Waals surface area contributed by atoms with E-state index in [2.05, 4.69) is 21.9 Å². The molecule has 1 aromatic rings. The van der Waals surface area contributed by atoms with Crippen LogP contribution in [0.3, 0.4) is 0 Å². The van der Waals surface area contributed by atoms with Gasteiger partial charge in [0.05, 0.1) is 6.04 Å². The summed E-state index contributed by atoms with van der Waals surface area (Å²) < 4.78 is 2.10. The number of rotatable bonds is 4. The van der Waals surface area contributed by atoms with Gasteiger partial charge in [-0.15, -0.1) is 0 Å². The van der Waals surface area contributed by atoms with Crippen LogP contribution < -0.4 is 5.32 Å². The zero-order valence-electron chi connectivity index (χ0n) is 8.33. The summed E-state index contributed by atoms with van der Waals surface area (Å²) in [4.78, 5) is 4.37. The van der Waals surface area contributed by atoms with Crippen molar-refractivity contribution in [1.82, 2.24) is 14.9 Å². The van der Waals surface area contributed by atoms with E-state index in [4.69, 9.17) is 0 Å². The standard InChI is InChI=1S/C10H17N3/c1-11-9(7-8-3-4-8)10-12-5-6-13(10)2/h5-6,8-9,11H,3-4,7H2,1-2H3.